The zero-order chi connectivity index (χ0) is 17.6. The van der Waals surface area contributed by atoms with Crippen molar-refractivity contribution in [2.24, 2.45) is 0 Å². The normalized spacial score (nSPS) is 18.1. The molecule has 0 unspecified atom stereocenters. The summed E-state index contributed by atoms with van der Waals surface area (Å²) in [5, 5.41) is 4.99. The maximum atomic E-state index is 12.6. The molecule has 0 bridgehead atoms. The molecule has 0 radical (unpaired) electrons. The molecule has 1 fully saturated rings. The minimum Gasteiger partial charge on any atom is -0.352 e. The number of likely N-dealkylation sites (tertiary alicyclic amines) is 1. The zero-order valence-corrected chi connectivity index (χ0v) is 15.3. The molecule has 1 saturated heterocycles. The fourth-order valence-corrected chi connectivity index (χ4v) is 3.94. The maximum Gasteiger partial charge on any atom is 0.264 e. The number of hydrogen-bond acceptors (Lipinski definition) is 3. The van der Waals surface area contributed by atoms with Gasteiger partial charge in [0.1, 0.15) is 6.04 Å². The molecule has 1 aliphatic heterocycles. The van der Waals surface area contributed by atoms with Gasteiger partial charge in [-0.25, -0.2) is 0 Å². The topological polar surface area (TPSA) is 49.4 Å². The summed E-state index contributed by atoms with van der Waals surface area (Å²) in [4.78, 5) is 27.7. The Kier molecular flexibility index (Phi) is 5.87. The summed E-state index contributed by atoms with van der Waals surface area (Å²) >= 11 is 1.43. The Morgan fingerprint density at radius 3 is 2.76 bits per heavy atom. The highest BCUT2D eigenvalue weighted by molar-refractivity contribution is 7.12. The molecule has 1 aliphatic rings. The van der Waals surface area contributed by atoms with Crippen molar-refractivity contribution in [3.05, 3.63) is 58.3 Å². The predicted molar refractivity (Wildman–Crippen MR) is 101 cm³/mol. The lowest BCUT2D eigenvalue weighted by Crippen LogP contribution is -2.48. The lowest BCUT2D eigenvalue weighted by molar-refractivity contribution is -0.125. The van der Waals surface area contributed by atoms with Gasteiger partial charge >= 0.3 is 0 Å². The Morgan fingerprint density at radius 1 is 1.24 bits per heavy atom. The summed E-state index contributed by atoms with van der Waals surface area (Å²) in [5.74, 6) is -0.0486. The standard InChI is InChI=1S/C20H24N2O2S/c1-15(11-12-16-7-3-2-4-8-16)21-19(23)17-9-5-13-22(17)20(24)18-10-6-14-25-18/h2-4,6-8,10,14-15,17H,5,9,11-13H2,1H3,(H,21,23)/t15-,17+/m1/s1. The molecule has 3 rings (SSSR count). The third-order valence-electron chi connectivity index (χ3n) is 4.65. The van der Waals surface area contributed by atoms with E-state index >= 15 is 0 Å². The number of nitrogens with one attached hydrogen (secondary N) is 1. The quantitative estimate of drug-likeness (QED) is 0.861. The van der Waals surface area contributed by atoms with E-state index in [2.05, 4.69) is 17.4 Å². The lowest BCUT2D eigenvalue weighted by Gasteiger charge is -2.25. The van der Waals surface area contributed by atoms with Gasteiger partial charge in [0.05, 0.1) is 4.88 Å². The van der Waals surface area contributed by atoms with Gasteiger partial charge in [0.2, 0.25) is 5.91 Å². The molecule has 132 valence electrons. The molecule has 4 nitrogen and oxygen atoms in total. The van der Waals surface area contributed by atoms with Gasteiger partial charge in [-0.05, 0) is 49.6 Å². The van der Waals surface area contributed by atoms with E-state index in [0.29, 0.717) is 11.4 Å². The van der Waals surface area contributed by atoms with Crippen molar-refractivity contribution in [2.75, 3.05) is 6.54 Å². The number of amides is 2. The molecule has 0 aliphatic carbocycles. The molecule has 0 spiro atoms. The summed E-state index contributed by atoms with van der Waals surface area (Å²) in [6.45, 7) is 2.69. The second kappa shape index (κ2) is 8.30. The van der Waals surface area contributed by atoms with Crippen molar-refractivity contribution in [3.63, 3.8) is 0 Å². The van der Waals surface area contributed by atoms with Gasteiger partial charge in [-0.15, -0.1) is 11.3 Å². The van der Waals surface area contributed by atoms with Crippen molar-refractivity contribution in [2.45, 2.75) is 44.7 Å². The zero-order valence-electron chi connectivity index (χ0n) is 14.5. The number of thiophene rings is 1. The van der Waals surface area contributed by atoms with Gasteiger partial charge in [-0.2, -0.15) is 0 Å². The fourth-order valence-electron chi connectivity index (χ4n) is 3.26. The highest BCUT2D eigenvalue weighted by atomic mass is 32.1. The van der Waals surface area contributed by atoms with E-state index < -0.39 is 0 Å². The van der Waals surface area contributed by atoms with Crippen molar-refractivity contribution >= 4 is 23.2 Å². The molecule has 25 heavy (non-hydrogen) atoms. The molecule has 2 atom stereocenters. The Bertz CT molecular complexity index is 700. The van der Waals surface area contributed by atoms with E-state index in [1.807, 2.05) is 42.6 Å². The number of nitrogens with zero attached hydrogens (tertiary/aromatic N) is 1. The lowest BCUT2D eigenvalue weighted by atomic mass is 10.1. The highest BCUT2D eigenvalue weighted by Crippen LogP contribution is 2.22. The van der Waals surface area contributed by atoms with Gasteiger partial charge in [0.25, 0.3) is 5.91 Å². The van der Waals surface area contributed by atoms with Crippen molar-refractivity contribution in [1.29, 1.82) is 0 Å². The summed E-state index contributed by atoms with van der Waals surface area (Å²) in [7, 11) is 0. The number of aryl methyl sites for hydroxylation is 1. The predicted octanol–water partition coefficient (Wildman–Crippen LogP) is 3.49. The molecule has 2 aromatic rings. The first-order chi connectivity index (χ1) is 12.1. The molecule has 1 N–H and O–H groups in total. The van der Waals surface area contributed by atoms with E-state index in [1.165, 1.54) is 16.9 Å². The average Bonchev–Trinajstić information content (AvgIpc) is 3.32. The molecule has 1 aromatic carbocycles. The maximum absolute atomic E-state index is 12.6. The van der Waals surface area contributed by atoms with E-state index in [4.69, 9.17) is 0 Å². The molecule has 2 amide bonds. The third-order valence-corrected chi connectivity index (χ3v) is 5.50. The second-order valence-electron chi connectivity index (χ2n) is 6.57. The summed E-state index contributed by atoms with van der Waals surface area (Å²) in [6, 6.07) is 13.7. The van der Waals surface area contributed by atoms with Crippen LogP contribution < -0.4 is 5.32 Å². The smallest absolute Gasteiger partial charge is 0.264 e. The molecule has 1 aromatic heterocycles. The monoisotopic (exact) mass is 356 g/mol. The summed E-state index contributed by atoms with van der Waals surface area (Å²) in [5.41, 5.74) is 1.28. The largest absolute Gasteiger partial charge is 0.352 e. The number of carbonyl (C=O) groups excluding carboxylic acids is 2. The summed E-state index contributed by atoms with van der Waals surface area (Å²) in [6.07, 6.45) is 3.45. The van der Waals surface area contributed by atoms with Gasteiger partial charge in [0.15, 0.2) is 0 Å². The number of carbonyl (C=O) groups is 2. The van der Waals surface area contributed by atoms with Crippen LogP contribution in [0.2, 0.25) is 0 Å². The molecular formula is C20H24N2O2S. The molecular weight excluding hydrogens is 332 g/mol. The van der Waals surface area contributed by atoms with Crippen molar-refractivity contribution < 1.29 is 9.59 Å². The second-order valence-corrected chi connectivity index (χ2v) is 7.52. The van der Waals surface area contributed by atoms with Crippen LogP contribution in [0.25, 0.3) is 0 Å². The van der Waals surface area contributed by atoms with Gasteiger partial charge in [-0.1, -0.05) is 36.4 Å². The van der Waals surface area contributed by atoms with Crippen LogP contribution in [0, 0.1) is 0 Å². The Balaban J connectivity index is 1.53. The first-order valence-corrected chi connectivity index (χ1v) is 9.72. The third kappa shape index (κ3) is 4.48. The van der Waals surface area contributed by atoms with Crippen LogP contribution >= 0.6 is 11.3 Å². The van der Waals surface area contributed by atoms with Crippen LogP contribution in [-0.2, 0) is 11.2 Å². The van der Waals surface area contributed by atoms with Crippen molar-refractivity contribution in [1.82, 2.24) is 10.2 Å². The van der Waals surface area contributed by atoms with Crippen molar-refractivity contribution in [3.8, 4) is 0 Å². The molecule has 5 heteroatoms. The number of benzene rings is 1. The number of hydrogen-bond donors (Lipinski definition) is 1. The van der Waals surface area contributed by atoms with Crippen LogP contribution in [0.3, 0.4) is 0 Å². The van der Waals surface area contributed by atoms with Crippen LogP contribution in [-0.4, -0.2) is 35.3 Å². The SMILES string of the molecule is C[C@H](CCc1ccccc1)NC(=O)[C@@H]1CCCN1C(=O)c1cccs1. The fraction of sp³-hybridized carbons (Fsp3) is 0.400. The Hall–Kier alpha value is -2.14. The van der Waals surface area contributed by atoms with Gasteiger partial charge < -0.3 is 10.2 Å². The first kappa shape index (κ1) is 17.7. The highest BCUT2D eigenvalue weighted by Gasteiger charge is 2.35. The van der Waals surface area contributed by atoms with Crippen LogP contribution in [0.15, 0.2) is 47.8 Å². The van der Waals surface area contributed by atoms with Gasteiger partial charge in [0, 0.05) is 12.6 Å². The van der Waals surface area contributed by atoms with E-state index in [-0.39, 0.29) is 23.9 Å². The molecule has 0 saturated carbocycles. The average molecular weight is 356 g/mol. The first-order valence-electron chi connectivity index (χ1n) is 8.84. The van der Waals surface area contributed by atoms with E-state index in [0.717, 1.165) is 25.7 Å². The Morgan fingerprint density at radius 2 is 2.04 bits per heavy atom. The van der Waals surface area contributed by atoms with Crippen LogP contribution in [0.5, 0.6) is 0 Å². The van der Waals surface area contributed by atoms with E-state index in [1.54, 1.807) is 4.90 Å². The van der Waals surface area contributed by atoms with Crippen LogP contribution in [0.1, 0.15) is 41.4 Å². The number of rotatable bonds is 6. The van der Waals surface area contributed by atoms with Gasteiger partial charge in [-0.3, -0.25) is 9.59 Å². The minimum absolute atomic E-state index is 0.0235. The van der Waals surface area contributed by atoms with E-state index in [9.17, 15) is 9.59 Å². The summed E-state index contributed by atoms with van der Waals surface area (Å²) < 4.78 is 0. The van der Waals surface area contributed by atoms with Crippen LogP contribution in [0.4, 0.5) is 0 Å². The minimum atomic E-state index is -0.339. The Labute approximate surface area is 152 Å². The molecule has 2 heterocycles.